The molecule has 2 rings (SSSR count). The number of hydrogen-bond donors (Lipinski definition) is 8. The molecule has 0 aliphatic heterocycles. The van der Waals surface area contributed by atoms with Gasteiger partial charge < -0.3 is 43.4 Å². The number of phenolic OH excluding ortho intramolecular Hbond substituents is 1. The summed E-state index contributed by atoms with van der Waals surface area (Å²) in [5.41, 5.74) is 18.1. The number of benzene rings is 2. The highest BCUT2D eigenvalue weighted by molar-refractivity contribution is 5.94. The molecule has 0 saturated carbocycles. The summed E-state index contributed by atoms with van der Waals surface area (Å²) in [4.78, 5) is 55.7. The Morgan fingerprint density at radius 3 is 1.81 bits per heavy atom. The van der Waals surface area contributed by atoms with E-state index < -0.39 is 47.9 Å². The number of carboxylic acid groups (broad SMARTS) is 1. The van der Waals surface area contributed by atoms with Crippen LogP contribution in [0.3, 0.4) is 0 Å². The molecule has 2 aromatic carbocycles. The number of carbonyl (C=O) groups is 4. The molecular formula is C30H43N7O6. The highest BCUT2D eigenvalue weighted by Crippen LogP contribution is 2.13. The van der Waals surface area contributed by atoms with E-state index in [0.29, 0.717) is 18.4 Å². The van der Waals surface area contributed by atoms with Crippen LogP contribution in [0, 0.1) is 5.92 Å². The Hall–Kier alpha value is -4.65. The maximum Gasteiger partial charge on any atom is 0.326 e. The van der Waals surface area contributed by atoms with E-state index in [1.807, 2.05) is 13.8 Å². The highest BCUT2D eigenvalue weighted by Gasteiger charge is 2.31. The molecule has 4 unspecified atom stereocenters. The monoisotopic (exact) mass is 597 g/mol. The van der Waals surface area contributed by atoms with Crippen LogP contribution in [0.5, 0.6) is 5.75 Å². The number of phenols is 1. The average molecular weight is 598 g/mol. The third kappa shape index (κ3) is 12.8. The van der Waals surface area contributed by atoms with Gasteiger partial charge in [-0.05, 0) is 48.4 Å². The first kappa shape index (κ1) is 34.6. The zero-order valence-corrected chi connectivity index (χ0v) is 24.5. The van der Waals surface area contributed by atoms with Crippen molar-refractivity contribution in [2.75, 3.05) is 6.54 Å². The molecule has 4 atom stereocenters. The number of carboxylic acids is 1. The third-order valence-corrected chi connectivity index (χ3v) is 6.55. The minimum Gasteiger partial charge on any atom is -0.508 e. The summed E-state index contributed by atoms with van der Waals surface area (Å²) in [6.07, 6.45) is 0.859. The van der Waals surface area contributed by atoms with Gasteiger partial charge in [-0.1, -0.05) is 56.3 Å². The fraction of sp³-hybridized carbons (Fsp3) is 0.433. The molecule has 2 aromatic rings. The zero-order chi connectivity index (χ0) is 31.9. The number of guanidine groups is 1. The summed E-state index contributed by atoms with van der Waals surface area (Å²) in [5, 5.41) is 27.3. The zero-order valence-electron chi connectivity index (χ0n) is 24.5. The van der Waals surface area contributed by atoms with Crippen molar-refractivity contribution in [1.82, 2.24) is 16.0 Å². The van der Waals surface area contributed by atoms with Gasteiger partial charge in [0.1, 0.15) is 23.9 Å². The van der Waals surface area contributed by atoms with Crippen LogP contribution < -0.4 is 33.2 Å². The topological polar surface area (TPSA) is 235 Å². The smallest absolute Gasteiger partial charge is 0.326 e. The van der Waals surface area contributed by atoms with E-state index >= 15 is 0 Å². The summed E-state index contributed by atoms with van der Waals surface area (Å²) in [5.74, 6) is -3.08. The lowest BCUT2D eigenvalue weighted by Gasteiger charge is -2.26. The van der Waals surface area contributed by atoms with Crippen LogP contribution in [0.15, 0.2) is 59.6 Å². The standard InChI is InChI=1S/C30H43N7O6/c1-18(2)15-22(31)26(39)36-24(17-20-10-12-21(38)13-11-20)28(41)37-25(16-19-7-4-3-5-8-19)27(40)35-23(29(42)43)9-6-14-34-30(32)33/h3-5,7-8,10-13,18,22-25,38H,6,9,14-17,31H2,1-2H3,(H,35,40)(H,36,39)(H,37,41)(H,42,43)(H4,32,33,34). The molecule has 11 N–H and O–H groups in total. The van der Waals surface area contributed by atoms with Crippen LogP contribution >= 0.6 is 0 Å². The molecule has 0 radical (unpaired) electrons. The van der Waals surface area contributed by atoms with Gasteiger partial charge in [-0.2, -0.15) is 0 Å². The van der Waals surface area contributed by atoms with E-state index in [0.717, 1.165) is 5.56 Å². The molecular weight excluding hydrogens is 554 g/mol. The van der Waals surface area contributed by atoms with Gasteiger partial charge in [0.2, 0.25) is 17.7 Å². The Labute approximate surface area is 251 Å². The SMILES string of the molecule is CC(C)CC(N)C(=O)NC(Cc1ccc(O)cc1)C(=O)NC(Cc1ccccc1)C(=O)NC(CCCN=C(N)N)C(=O)O. The maximum absolute atomic E-state index is 13.6. The summed E-state index contributed by atoms with van der Waals surface area (Å²) >= 11 is 0. The number of aromatic hydroxyl groups is 1. The second-order valence-electron chi connectivity index (χ2n) is 10.8. The van der Waals surface area contributed by atoms with Crippen LogP contribution in [0.2, 0.25) is 0 Å². The molecule has 43 heavy (non-hydrogen) atoms. The van der Waals surface area contributed by atoms with E-state index in [2.05, 4.69) is 20.9 Å². The number of amides is 3. The van der Waals surface area contributed by atoms with E-state index in [4.69, 9.17) is 17.2 Å². The Kier molecular flexibility index (Phi) is 13.9. The van der Waals surface area contributed by atoms with Gasteiger partial charge in [-0.3, -0.25) is 19.4 Å². The van der Waals surface area contributed by atoms with E-state index in [1.165, 1.54) is 12.1 Å². The van der Waals surface area contributed by atoms with Crippen molar-refractivity contribution in [3.63, 3.8) is 0 Å². The maximum atomic E-state index is 13.6. The predicted molar refractivity (Wildman–Crippen MR) is 163 cm³/mol. The first-order chi connectivity index (χ1) is 20.3. The van der Waals surface area contributed by atoms with Gasteiger partial charge in [0, 0.05) is 19.4 Å². The van der Waals surface area contributed by atoms with Crippen molar-refractivity contribution < 1.29 is 29.4 Å². The van der Waals surface area contributed by atoms with Gasteiger partial charge in [-0.15, -0.1) is 0 Å². The van der Waals surface area contributed by atoms with Crippen molar-refractivity contribution >= 4 is 29.7 Å². The summed E-state index contributed by atoms with van der Waals surface area (Å²) in [7, 11) is 0. The number of aliphatic carboxylic acids is 1. The first-order valence-corrected chi connectivity index (χ1v) is 14.1. The minimum atomic E-state index is -1.25. The first-order valence-electron chi connectivity index (χ1n) is 14.1. The molecule has 13 nitrogen and oxygen atoms in total. The molecule has 0 bridgehead atoms. The highest BCUT2D eigenvalue weighted by atomic mass is 16.4. The van der Waals surface area contributed by atoms with Crippen molar-refractivity contribution in [3.05, 3.63) is 65.7 Å². The molecule has 13 heteroatoms. The average Bonchev–Trinajstić information content (AvgIpc) is 2.94. The molecule has 0 saturated heterocycles. The Morgan fingerprint density at radius 1 is 0.791 bits per heavy atom. The normalized spacial score (nSPS) is 13.7. The minimum absolute atomic E-state index is 0.0404. The molecule has 0 aromatic heterocycles. The van der Waals surface area contributed by atoms with Crippen molar-refractivity contribution in [2.45, 2.75) is 70.1 Å². The fourth-order valence-corrected chi connectivity index (χ4v) is 4.34. The van der Waals surface area contributed by atoms with Crippen LogP contribution in [0.4, 0.5) is 0 Å². The number of hydrogen-bond acceptors (Lipinski definition) is 7. The van der Waals surface area contributed by atoms with E-state index in [9.17, 15) is 29.4 Å². The van der Waals surface area contributed by atoms with Crippen LogP contribution in [0.25, 0.3) is 0 Å². The van der Waals surface area contributed by atoms with Gasteiger partial charge in [0.05, 0.1) is 6.04 Å². The van der Waals surface area contributed by atoms with E-state index in [-0.39, 0.29) is 43.4 Å². The molecule has 0 spiro atoms. The molecule has 0 aliphatic carbocycles. The van der Waals surface area contributed by atoms with Gasteiger partial charge in [0.25, 0.3) is 0 Å². The lowest BCUT2D eigenvalue weighted by molar-refractivity contribution is -0.142. The van der Waals surface area contributed by atoms with Crippen molar-refractivity contribution in [3.8, 4) is 5.75 Å². The summed E-state index contributed by atoms with van der Waals surface area (Å²) in [6, 6.07) is 10.7. The lowest BCUT2D eigenvalue weighted by Crippen LogP contribution is -2.58. The van der Waals surface area contributed by atoms with Crippen molar-refractivity contribution in [1.29, 1.82) is 0 Å². The van der Waals surface area contributed by atoms with Crippen LogP contribution in [-0.2, 0) is 32.0 Å². The quantitative estimate of drug-likeness (QED) is 0.0702. The number of rotatable bonds is 17. The molecule has 0 heterocycles. The Morgan fingerprint density at radius 2 is 1.30 bits per heavy atom. The van der Waals surface area contributed by atoms with Gasteiger partial charge in [-0.25, -0.2) is 4.79 Å². The Balaban J connectivity index is 2.29. The third-order valence-electron chi connectivity index (χ3n) is 6.55. The molecule has 3 amide bonds. The largest absolute Gasteiger partial charge is 0.508 e. The number of carbonyl (C=O) groups excluding carboxylic acids is 3. The van der Waals surface area contributed by atoms with E-state index in [1.54, 1.807) is 42.5 Å². The fourth-order valence-electron chi connectivity index (χ4n) is 4.34. The Bertz CT molecular complexity index is 1230. The second kappa shape index (κ2) is 17.3. The van der Waals surface area contributed by atoms with Gasteiger partial charge >= 0.3 is 5.97 Å². The molecule has 0 aliphatic rings. The molecule has 234 valence electrons. The molecule has 0 fully saturated rings. The van der Waals surface area contributed by atoms with Crippen LogP contribution in [0.1, 0.15) is 44.2 Å². The van der Waals surface area contributed by atoms with Gasteiger partial charge in [0.15, 0.2) is 5.96 Å². The predicted octanol–water partition coefficient (Wildman–Crippen LogP) is 0.143. The summed E-state index contributed by atoms with van der Waals surface area (Å²) < 4.78 is 0. The van der Waals surface area contributed by atoms with Crippen LogP contribution in [-0.4, -0.2) is 70.6 Å². The number of nitrogens with zero attached hydrogens (tertiary/aromatic N) is 1. The number of aliphatic imine (C=N–C) groups is 1. The second-order valence-corrected chi connectivity index (χ2v) is 10.8. The van der Waals surface area contributed by atoms with Crippen molar-refractivity contribution in [2.24, 2.45) is 28.1 Å². The summed E-state index contributed by atoms with van der Waals surface area (Å²) in [6.45, 7) is 4.03. The number of nitrogens with one attached hydrogen (secondary N) is 3. The lowest BCUT2D eigenvalue weighted by atomic mass is 10.0. The number of nitrogens with two attached hydrogens (primary N) is 3.